The summed E-state index contributed by atoms with van der Waals surface area (Å²) in [5.74, 6) is 0. The molecule has 2 nitrogen and oxygen atoms in total. The van der Waals surface area contributed by atoms with Gasteiger partial charge in [-0.05, 0) is 25.8 Å². The van der Waals surface area contributed by atoms with E-state index >= 15 is 0 Å². The van der Waals surface area contributed by atoms with E-state index in [1.54, 1.807) is 19.3 Å². The van der Waals surface area contributed by atoms with E-state index in [9.17, 15) is 0 Å². The molecule has 0 saturated heterocycles. The van der Waals surface area contributed by atoms with E-state index in [1.807, 2.05) is 13.1 Å². The van der Waals surface area contributed by atoms with Gasteiger partial charge in [-0.2, -0.15) is 0 Å². The van der Waals surface area contributed by atoms with Crippen LogP contribution in [0.25, 0.3) is 0 Å². The van der Waals surface area contributed by atoms with Gasteiger partial charge >= 0.3 is 0 Å². The Kier molecular flexibility index (Phi) is 6.29. The van der Waals surface area contributed by atoms with Gasteiger partial charge in [0.1, 0.15) is 0 Å². The zero-order valence-electron chi connectivity index (χ0n) is 9.25. The molecule has 0 aromatic heterocycles. The lowest BCUT2D eigenvalue weighted by molar-refractivity contribution is 1.13. The van der Waals surface area contributed by atoms with Crippen molar-refractivity contribution in [1.82, 2.24) is 0 Å². The van der Waals surface area contributed by atoms with Crippen LogP contribution in [0.4, 0.5) is 0 Å². The number of hydrogen-bond donors (Lipinski definition) is 0. The zero-order valence-corrected chi connectivity index (χ0v) is 9.25. The van der Waals surface area contributed by atoms with E-state index < -0.39 is 0 Å². The number of aliphatic imine (C=N–C) groups is 2. The van der Waals surface area contributed by atoms with Crippen molar-refractivity contribution in [3.8, 4) is 0 Å². The second kappa shape index (κ2) is 7.01. The van der Waals surface area contributed by atoms with Crippen LogP contribution in [0.1, 0.15) is 20.3 Å². The third-order valence-corrected chi connectivity index (χ3v) is 1.53. The van der Waals surface area contributed by atoms with Crippen molar-refractivity contribution in [1.29, 1.82) is 0 Å². The molecule has 1 heterocycles. The van der Waals surface area contributed by atoms with Gasteiger partial charge in [0, 0.05) is 19.5 Å². The highest BCUT2D eigenvalue weighted by Gasteiger charge is 2.06. The first-order valence-electron chi connectivity index (χ1n) is 4.56. The van der Waals surface area contributed by atoms with Crippen LogP contribution in [0.15, 0.2) is 46.6 Å². The molecule has 0 aromatic carbocycles. The molecule has 0 aromatic rings. The van der Waals surface area contributed by atoms with Crippen molar-refractivity contribution in [3.63, 3.8) is 0 Å². The van der Waals surface area contributed by atoms with Gasteiger partial charge in [-0.15, -0.1) is 6.58 Å². The summed E-state index contributed by atoms with van der Waals surface area (Å²) in [6.45, 7) is 11.2. The van der Waals surface area contributed by atoms with Gasteiger partial charge in [0.15, 0.2) is 0 Å². The van der Waals surface area contributed by atoms with Crippen molar-refractivity contribution in [2.24, 2.45) is 9.98 Å². The molecular formula is C12H18N2. The molecule has 0 aliphatic carbocycles. The Hall–Kier alpha value is -1.44. The molecular weight excluding hydrogens is 172 g/mol. The topological polar surface area (TPSA) is 24.7 Å². The summed E-state index contributed by atoms with van der Waals surface area (Å²) < 4.78 is 0. The fourth-order valence-electron chi connectivity index (χ4n) is 0.991. The molecule has 0 saturated carbocycles. The fourth-order valence-corrected chi connectivity index (χ4v) is 0.991. The first-order chi connectivity index (χ1) is 6.65. The summed E-state index contributed by atoms with van der Waals surface area (Å²) in [7, 11) is 1.74. The van der Waals surface area contributed by atoms with Crippen molar-refractivity contribution in [3.05, 3.63) is 36.6 Å². The predicted octanol–water partition coefficient (Wildman–Crippen LogP) is 3.18. The van der Waals surface area contributed by atoms with Gasteiger partial charge in [0.2, 0.25) is 0 Å². The highest BCUT2D eigenvalue weighted by molar-refractivity contribution is 6.38. The van der Waals surface area contributed by atoms with Crippen LogP contribution in [0, 0.1) is 0 Å². The molecule has 76 valence electrons. The summed E-state index contributed by atoms with van der Waals surface area (Å²) >= 11 is 0. The largest absolute Gasteiger partial charge is 0.294 e. The first kappa shape index (κ1) is 12.6. The maximum absolute atomic E-state index is 4.19. The van der Waals surface area contributed by atoms with E-state index in [4.69, 9.17) is 0 Å². The smallest absolute Gasteiger partial charge is 0.0836 e. The lowest BCUT2D eigenvalue weighted by atomic mass is 10.0. The Bertz CT molecular complexity index is 293. The van der Waals surface area contributed by atoms with Crippen LogP contribution >= 0.6 is 0 Å². The minimum atomic E-state index is 0.901. The average molecular weight is 190 g/mol. The Labute approximate surface area is 86.5 Å². The second-order valence-electron chi connectivity index (χ2n) is 3.07. The molecule has 1 rings (SSSR count). The lowest BCUT2D eigenvalue weighted by Crippen LogP contribution is -2.06. The van der Waals surface area contributed by atoms with Gasteiger partial charge in [-0.25, -0.2) is 0 Å². The Morgan fingerprint density at radius 1 is 1.57 bits per heavy atom. The molecule has 14 heavy (non-hydrogen) atoms. The van der Waals surface area contributed by atoms with Crippen molar-refractivity contribution in [2.45, 2.75) is 20.3 Å². The minimum Gasteiger partial charge on any atom is -0.294 e. The summed E-state index contributed by atoms with van der Waals surface area (Å²) in [6, 6.07) is 0. The second-order valence-corrected chi connectivity index (χ2v) is 3.07. The molecule has 0 fully saturated rings. The van der Waals surface area contributed by atoms with Gasteiger partial charge in [-0.3, -0.25) is 9.98 Å². The van der Waals surface area contributed by atoms with Crippen molar-refractivity contribution >= 4 is 11.9 Å². The van der Waals surface area contributed by atoms with Crippen LogP contribution in [0.5, 0.6) is 0 Å². The van der Waals surface area contributed by atoms with Gasteiger partial charge in [0.05, 0.1) is 5.71 Å². The Balaban J connectivity index is 0.000000500. The average Bonchev–Trinajstić information content (AvgIpc) is 2.11. The fraction of sp³-hybridized carbons (Fsp3) is 0.333. The van der Waals surface area contributed by atoms with Gasteiger partial charge in [0.25, 0.3) is 0 Å². The van der Waals surface area contributed by atoms with Crippen molar-refractivity contribution in [2.75, 3.05) is 7.05 Å². The van der Waals surface area contributed by atoms with E-state index in [1.165, 1.54) is 5.57 Å². The number of rotatable bonds is 1. The van der Waals surface area contributed by atoms with Gasteiger partial charge in [-0.1, -0.05) is 18.2 Å². The van der Waals surface area contributed by atoms with E-state index in [-0.39, 0.29) is 0 Å². The first-order valence-corrected chi connectivity index (χ1v) is 4.56. The molecule has 1 aliphatic heterocycles. The minimum absolute atomic E-state index is 0.901. The normalized spacial score (nSPS) is 15.5. The summed E-state index contributed by atoms with van der Waals surface area (Å²) in [4.78, 5) is 8.08. The molecule has 0 bridgehead atoms. The molecule has 0 unspecified atom stereocenters. The molecule has 2 heteroatoms. The van der Waals surface area contributed by atoms with E-state index in [2.05, 4.69) is 30.1 Å². The quantitative estimate of drug-likeness (QED) is 0.448. The molecule has 0 amide bonds. The van der Waals surface area contributed by atoms with Crippen molar-refractivity contribution < 1.29 is 0 Å². The zero-order chi connectivity index (χ0) is 11.0. The molecule has 0 atom stereocenters. The SMILES string of the molecule is C=C1CC(C)=CN=C1C=NC.C=CC. The van der Waals surface area contributed by atoms with Crippen LogP contribution in [-0.4, -0.2) is 19.0 Å². The maximum Gasteiger partial charge on any atom is 0.0836 e. The molecule has 0 spiro atoms. The highest BCUT2D eigenvalue weighted by Crippen LogP contribution is 2.14. The molecule has 1 aliphatic rings. The summed E-state index contributed by atoms with van der Waals surface area (Å²) in [5, 5.41) is 0. The number of allylic oxidation sites excluding steroid dienone is 3. The van der Waals surface area contributed by atoms with Crippen LogP contribution in [-0.2, 0) is 0 Å². The standard InChI is InChI=1S/C9H12N2.C3H6/c1-7-4-8(2)9(6-10-3)11-5-7;1-3-2/h5-6H,2,4H2,1,3H3;3H,1H2,2H3. The Morgan fingerprint density at radius 3 is 2.57 bits per heavy atom. The molecule has 0 radical (unpaired) electrons. The number of hydrogen-bond acceptors (Lipinski definition) is 2. The number of nitrogens with zero attached hydrogens (tertiary/aromatic N) is 2. The van der Waals surface area contributed by atoms with Crippen LogP contribution < -0.4 is 0 Å². The maximum atomic E-state index is 4.19. The third kappa shape index (κ3) is 4.55. The monoisotopic (exact) mass is 190 g/mol. The summed E-state index contributed by atoms with van der Waals surface area (Å²) in [6.07, 6.45) is 6.28. The lowest BCUT2D eigenvalue weighted by Gasteiger charge is -2.09. The van der Waals surface area contributed by atoms with Crippen LogP contribution in [0.2, 0.25) is 0 Å². The predicted molar refractivity (Wildman–Crippen MR) is 65.2 cm³/mol. The highest BCUT2D eigenvalue weighted by atomic mass is 14.8. The summed E-state index contributed by atoms with van der Waals surface area (Å²) in [5.41, 5.74) is 3.21. The van der Waals surface area contributed by atoms with E-state index in [0.717, 1.165) is 17.7 Å². The molecule has 0 N–H and O–H groups in total. The van der Waals surface area contributed by atoms with E-state index in [0.29, 0.717) is 0 Å². The van der Waals surface area contributed by atoms with Crippen LogP contribution in [0.3, 0.4) is 0 Å². The Morgan fingerprint density at radius 2 is 2.14 bits per heavy atom. The third-order valence-electron chi connectivity index (χ3n) is 1.53. The van der Waals surface area contributed by atoms with Gasteiger partial charge < -0.3 is 0 Å².